The Morgan fingerprint density at radius 2 is 2.18 bits per heavy atom. The van der Waals surface area contributed by atoms with Crippen LogP contribution in [0.5, 0.6) is 5.75 Å². The zero-order chi connectivity index (χ0) is 12.3. The summed E-state index contributed by atoms with van der Waals surface area (Å²) in [6.45, 7) is 2.01. The van der Waals surface area contributed by atoms with Gasteiger partial charge < -0.3 is 4.74 Å². The lowest BCUT2D eigenvalue weighted by molar-refractivity contribution is 0.415. The molecule has 0 radical (unpaired) electrons. The first-order valence-corrected chi connectivity index (χ1v) is 5.38. The van der Waals surface area contributed by atoms with E-state index < -0.39 is 0 Å². The third kappa shape index (κ3) is 2.72. The molecule has 0 spiro atoms. The molecular weight excluding hydrogens is 214 g/mol. The van der Waals surface area contributed by atoms with E-state index >= 15 is 0 Å². The highest BCUT2D eigenvalue weighted by atomic mass is 16.5. The third-order valence-electron chi connectivity index (χ3n) is 2.53. The minimum Gasteiger partial charge on any atom is -0.497 e. The molecule has 4 nitrogen and oxygen atoms in total. The van der Waals surface area contributed by atoms with E-state index in [9.17, 15) is 0 Å². The van der Waals surface area contributed by atoms with E-state index in [1.54, 1.807) is 13.3 Å². The summed E-state index contributed by atoms with van der Waals surface area (Å²) in [6, 6.07) is 9.60. The second kappa shape index (κ2) is 4.82. The van der Waals surface area contributed by atoms with Gasteiger partial charge in [-0.05, 0) is 25.1 Å². The lowest BCUT2D eigenvalue weighted by Gasteiger charge is -1.99. The highest BCUT2D eigenvalue weighted by Gasteiger charge is 1.98. The maximum Gasteiger partial charge on any atom is 0.121 e. The molecule has 0 amide bonds. The Morgan fingerprint density at radius 3 is 2.82 bits per heavy atom. The highest BCUT2D eigenvalue weighted by Crippen LogP contribution is 2.19. The SMILES string of the molecule is COc1cccc(/N=C/c2cc(C)n(C)n2)c1. The number of methoxy groups -OCH3 is 1. The van der Waals surface area contributed by atoms with Crippen molar-refractivity contribution < 1.29 is 4.74 Å². The van der Waals surface area contributed by atoms with E-state index in [-0.39, 0.29) is 0 Å². The summed E-state index contributed by atoms with van der Waals surface area (Å²) in [5.41, 5.74) is 2.82. The van der Waals surface area contributed by atoms with Crippen LogP contribution in [0.2, 0.25) is 0 Å². The van der Waals surface area contributed by atoms with Crippen LogP contribution in [0.25, 0.3) is 0 Å². The first-order valence-electron chi connectivity index (χ1n) is 5.38. The van der Waals surface area contributed by atoms with Gasteiger partial charge in [0.15, 0.2) is 0 Å². The molecule has 0 unspecified atom stereocenters. The molecule has 0 N–H and O–H groups in total. The predicted molar refractivity (Wildman–Crippen MR) is 68.2 cm³/mol. The molecular formula is C13H15N3O. The van der Waals surface area contributed by atoms with Crippen LogP contribution in [-0.2, 0) is 7.05 Å². The van der Waals surface area contributed by atoms with Gasteiger partial charge in [-0.1, -0.05) is 6.07 Å². The van der Waals surface area contributed by atoms with Gasteiger partial charge in [-0.3, -0.25) is 9.67 Å². The summed E-state index contributed by atoms with van der Waals surface area (Å²) >= 11 is 0. The van der Waals surface area contributed by atoms with Crippen LogP contribution >= 0.6 is 0 Å². The van der Waals surface area contributed by atoms with E-state index in [2.05, 4.69) is 10.1 Å². The molecule has 17 heavy (non-hydrogen) atoms. The fourth-order valence-corrected chi connectivity index (χ4v) is 1.48. The van der Waals surface area contributed by atoms with Crippen LogP contribution in [0.1, 0.15) is 11.4 Å². The monoisotopic (exact) mass is 229 g/mol. The minimum absolute atomic E-state index is 0.803. The molecule has 2 aromatic rings. The molecule has 1 aromatic carbocycles. The number of aliphatic imine (C=N–C) groups is 1. The minimum atomic E-state index is 0.803. The second-order valence-corrected chi connectivity index (χ2v) is 3.79. The van der Waals surface area contributed by atoms with E-state index in [4.69, 9.17) is 4.74 Å². The van der Waals surface area contributed by atoms with E-state index in [1.807, 2.05) is 49.0 Å². The summed E-state index contributed by atoms with van der Waals surface area (Å²) in [5.74, 6) is 0.803. The molecule has 0 saturated heterocycles. The fraction of sp³-hybridized carbons (Fsp3) is 0.231. The first kappa shape index (κ1) is 11.4. The standard InChI is InChI=1S/C13H15N3O/c1-10-7-12(15-16(10)2)9-14-11-5-4-6-13(8-11)17-3/h4-9H,1-3H3/b14-9+. The molecule has 0 bridgehead atoms. The highest BCUT2D eigenvalue weighted by molar-refractivity contribution is 5.79. The van der Waals surface area contributed by atoms with Gasteiger partial charge in [-0.25, -0.2) is 0 Å². The number of hydrogen-bond donors (Lipinski definition) is 0. The Hall–Kier alpha value is -2.10. The van der Waals surface area contributed by atoms with E-state index in [1.165, 1.54) is 0 Å². The lowest BCUT2D eigenvalue weighted by atomic mass is 10.3. The van der Waals surface area contributed by atoms with E-state index in [0.29, 0.717) is 0 Å². The molecule has 0 atom stereocenters. The zero-order valence-electron chi connectivity index (χ0n) is 10.2. The van der Waals surface area contributed by atoms with Crippen molar-refractivity contribution in [1.82, 2.24) is 9.78 Å². The molecule has 0 fully saturated rings. The smallest absolute Gasteiger partial charge is 0.121 e. The Bertz CT molecular complexity index is 524. The number of aryl methyl sites for hydroxylation is 2. The van der Waals surface area contributed by atoms with Crippen LogP contribution in [0, 0.1) is 6.92 Å². The maximum absolute atomic E-state index is 5.14. The summed E-state index contributed by atoms with van der Waals surface area (Å²) in [4.78, 5) is 4.36. The Labute approximate surface area is 101 Å². The van der Waals surface area contributed by atoms with Crippen LogP contribution in [0.15, 0.2) is 35.3 Å². The molecule has 1 aromatic heterocycles. The van der Waals surface area contributed by atoms with Crippen molar-refractivity contribution in [3.8, 4) is 5.75 Å². The Morgan fingerprint density at radius 1 is 1.35 bits per heavy atom. The van der Waals surface area contributed by atoms with E-state index in [0.717, 1.165) is 22.8 Å². The van der Waals surface area contributed by atoms with Gasteiger partial charge in [0.2, 0.25) is 0 Å². The number of aromatic nitrogens is 2. The van der Waals surface area contributed by atoms with Crippen molar-refractivity contribution in [3.05, 3.63) is 41.7 Å². The molecule has 88 valence electrons. The van der Waals surface area contributed by atoms with Crippen molar-refractivity contribution in [2.45, 2.75) is 6.92 Å². The maximum atomic E-state index is 5.14. The van der Waals surface area contributed by atoms with Crippen molar-refractivity contribution in [3.63, 3.8) is 0 Å². The molecule has 4 heteroatoms. The van der Waals surface area contributed by atoms with Gasteiger partial charge in [0, 0.05) is 18.8 Å². The number of ether oxygens (including phenoxy) is 1. The van der Waals surface area contributed by atoms with Crippen LogP contribution in [0.4, 0.5) is 5.69 Å². The Balaban J connectivity index is 2.19. The van der Waals surface area contributed by atoms with Crippen molar-refractivity contribution >= 4 is 11.9 Å². The molecule has 0 saturated carbocycles. The number of nitrogens with zero attached hydrogens (tertiary/aromatic N) is 3. The largest absolute Gasteiger partial charge is 0.497 e. The number of rotatable bonds is 3. The van der Waals surface area contributed by atoms with Gasteiger partial charge in [0.25, 0.3) is 0 Å². The van der Waals surface area contributed by atoms with Gasteiger partial charge in [-0.2, -0.15) is 5.10 Å². The average Bonchev–Trinajstić information content (AvgIpc) is 2.67. The molecule has 1 heterocycles. The third-order valence-corrected chi connectivity index (χ3v) is 2.53. The molecule has 0 aliphatic rings. The molecule has 0 aliphatic carbocycles. The van der Waals surface area contributed by atoms with Gasteiger partial charge in [0.05, 0.1) is 19.0 Å². The Kier molecular flexibility index (Phi) is 3.23. The predicted octanol–water partition coefficient (Wildman–Crippen LogP) is 2.49. The second-order valence-electron chi connectivity index (χ2n) is 3.79. The topological polar surface area (TPSA) is 39.4 Å². The van der Waals surface area contributed by atoms with Gasteiger partial charge in [0.1, 0.15) is 11.4 Å². The number of hydrogen-bond acceptors (Lipinski definition) is 3. The summed E-state index contributed by atoms with van der Waals surface area (Å²) < 4.78 is 6.96. The first-order chi connectivity index (χ1) is 8.19. The van der Waals surface area contributed by atoms with Gasteiger partial charge in [-0.15, -0.1) is 0 Å². The normalized spacial score (nSPS) is 11.0. The van der Waals surface area contributed by atoms with Crippen molar-refractivity contribution in [1.29, 1.82) is 0 Å². The lowest BCUT2D eigenvalue weighted by Crippen LogP contribution is -1.93. The number of benzene rings is 1. The van der Waals surface area contributed by atoms with Crippen LogP contribution in [-0.4, -0.2) is 23.1 Å². The fourth-order valence-electron chi connectivity index (χ4n) is 1.48. The van der Waals surface area contributed by atoms with Crippen molar-refractivity contribution in [2.75, 3.05) is 7.11 Å². The quantitative estimate of drug-likeness (QED) is 0.758. The van der Waals surface area contributed by atoms with Crippen LogP contribution in [0.3, 0.4) is 0 Å². The zero-order valence-corrected chi connectivity index (χ0v) is 10.2. The average molecular weight is 229 g/mol. The summed E-state index contributed by atoms with van der Waals surface area (Å²) in [5, 5.41) is 4.30. The van der Waals surface area contributed by atoms with Gasteiger partial charge >= 0.3 is 0 Å². The summed E-state index contributed by atoms with van der Waals surface area (Å²) in [6.07, 6.45) is 1.75. The summed E-state index contributed by atoms with van der Waals surface area (Å²) in [7, 11) is 3.56. The molecule has 0 aliphatic heterocycles. The van der Waals surface area contributed by atoms with Crippen molar-refractivity contribution in [2.24, 2.45) is 12.0 Å². The molecule has 2 rings (SSSR count). The van der Waals surface area contributed by atoms with Crippen LogP contribution < -0.4 is 4.74 Å².